The van der Waals surface area contributed by atoms with E-state index in [1.54, 1.807) is 0 Å². The summed E-state index contributed by atoms with van der Waals surface area (Å²) in [7, 11) is 0. The Morgan fingerprint density at radius 1 is 1.41 bits per heavy atom. The van der Waals surface area contributed by atoms with E-state index in [1.165, 1.54) is 0 Å². The van der Waals surface area contributed by atoms with Gasteiger partial charge in [-0.15, -0.1) is 0 Å². The molecule has 6 heteroatoms. The Labute approximate surface area is 99.9 Å². The zero-order chi connectivity index (χ0) is 12.3. The molecule has 94 valence electrons. The molecule has 2 rings (SSSR count). The number of nitrogens with zero attached hydrogens (tertiary/aromatic N) is 2. The van der Waals surface area contributed by atoms with Gasteiger partial charge in [-0.3, -0.25) is 15.0 Å². The van der Waals surface area contributed by atoms with Crippen LogP contribution in [0.15, 0.2) is 4.52 Å². The molecule has 6 nitrogen and oxygen atoms in total. The summed E-state index contributed by atoms with van der Waals surface area (Å²) in [4.78, 5) is 13.8. The molecule has 1 N–H and O–H groups in total. The molecule has 1 aliphatic rings. The topological polar surface area (TPSA) is 67.6 Å². The fourth-order valence-corrected chi connectivity index (χ4v) is 1.66. The molecular weight excluding hydrogens is 222 g/mol. The van der Waals surface area contributed by atoms with Crippen molar-refractivity contribution < 1.29 is 14.1 Å². The molecule has 0 spiro atoms. The van der Waals surface area contributed by atoms with Crippen molar-refractivity contribution in [3.63, 3.8) is 0 Å². The fourth-order valence-electron chi connectivity index (χ4n) is 1.66. The summed E-state index contributed by atoms with van der Waals surface area (Å²) in [5.74, 6) is 0.368. The second-order valence-corrected chi connectivity index (χ2v) is 4.16. The molecule has 1 amide bonds. The van der Waals surface area contributed by atoms with Gasteiger partial charge in [0.15, 0.2) is 0 Å². The molecule has 1 aromatic rings. The lowest BCUT2D eigenvalue weighted by molar-refractivity contribution is -0.118. The maximum absolute atomic E-state index is 11.8. The first kappa shape index (κ1) is 12.1. The van der Waals surface area contributed by atoms with Gasteiger partial charge < -0.3 is 9.26 Å². The highest BCUT2D eigenvalue weighted by molar-refractivity contribution is 5.91. The van der Waals surface area contributed by atoms with Crippen LogP contribution in [0.5, 0.6) is 0 Å². The molecule has 0 bridgehead atoms. The second-order valence-electron chi connectivity index (χ2n) is 4.16. The summed E-state index contributed by atoms with van der Waals surface area (Å²) in [6.07, 6.45) is 0. The highest BCUT2D eigenvalue weighted by atomic mass is 16.5. The third-order valence-electron chi connectivity index (χ3n) is 2.88. The minimum atomic E-state index is -0.0776. The fraction of sp³-hybridized carbons (Fsp3) is 0.636. The smallest absolute Gasteiger partial charge is 0.240 e. The number of ether oxygens (including phenoxy) is 1. The van der Waals surface area contributed by atoms with Crippen LogP contribution in [0, 0.1) is 13.8 Å². The van der Waals surface area contributed by atoms with E-state index in [-0.39, 0.29) is 5.91 Å². The molecule has 1 saturated heterocycles. The molecule has 0 radical (unpaired) electrons. The van der Waals surface area contributed by atoms with Gasteiger partial charge in [0.25, 0.3) is 0 Å². The van der Waals surface area contributed by atoms with Gasteiger partial charge in [0.1, 0.15) is 0 Å². The van der Waals surface area contributed by atoms with Crippen LogP contribution in [0.25, 0.3) is 0 Å². The number of hydrogen-bond acceptors (Lipinski definition) is 5. The average Bonchev–Trinajstić information content (AvgIpc) is 2.62. The number of aryl methyl sites for hydroxylation is 1. The van der Waals surface area contributed by atoms with Crippen molar-refractivity contribution in [2.24, 2.45) is 0 Å². The molecule has 1 aromatic heterocycles. The van der Waals surface area contributed by atoms with Gasteiger partial charge in [-0.2, -0.15) is 0 Å². The van der Waals surface area contributed by atoms with Crippen molar-refractivity contribution in [1.29, 1.82) is 0 Å². The summed E-state index contributed by atoms with van der Waals surface area (Å²) >= 11 is 0. The van der Waals surface area contributed by atoms with Crippen molar-refractivity contribution in [3.8, 4) is 0 Å². The van der Waals surface area contributed by atoms with Gasteiger partial charge in [-0.1, -0.05) is 5.16 Å². The Morgan fingerprint density at radius 2 is 2.12 bits per heavy atom. The Balaban J connectivity index is 1.86. The Bertz CT molecular complexity index is 397. The summed E-state index contributed by atoms with van der Waals surface area (Å²) < 4.78 is 10.2. The van der Waals surface area contributed by atoms with Crippen LogP contribution >= 0.6 is 0 Å². The van der Waals surface area contributed by atoms with Crippen LogP contribution in [0.4, 0.5) is 5.88 Å². The number of aromatic nitrogens is 1. The van der Waals surface area contributed by atoms with E-state index in [9.17, 15) is 4.79 Å². The zero-order valence-corrected chi connectivity index (χ0v) is 10.2. The molecule has 0 saturated carbocycles. The molecule has 0 atom stereocenters. The highest BCUT2D eigenvalue weighted by Crippen LogP contribution is 2.17. The third-order valence-corrected chi connectivity index (χ3v) is 2.88. The van der Waals surface area contributed by atoms with Crippen molar-refractivity contribution in [2.45, 2.75) is 13.8 Å². The first-order valence-corrected chi connectivity index (χ1v) is 5.69. The van der Waals surface area contributed by atoms with E-state index in [4.69, 9.17) is 9.26 Å². The molecule has 17 heavy (non-hydrogen) atoms. The first-order chi connectivity index (χ1) is 8.16. The summed E-state index contributed by atoms with van der Waals surface area (Å²) in [6.45, 7) is 7.04. The molecule has 0 unspecified atom stereocenters. The van der Waals surface area contributed by atoms with E-state index < -0.39 is 0 Å². The lowest BCUT2D eigenvalue weighted by Crippen LogP contribution is -2.41. The SMILES string of the molecule is Cc1noc(NC(=O)CN2CCOCC2)c1C. The predicted octanol–water partition coefficient (Wildman–Crippen LogP) is 0.562. The number of anilines is 1. The van der Waals surface area contributed by atoms with E-state index in [0.29, 0.717) is 25.6 Å². The van der Waals surface area contributed by atoms with Gasteiger partial charge in [-0.05, 0) is 13.8 Å². The number of morpholine rings is 1. The molecule has 1 fully saturated rings. The van der Waals surface area contributed by atoms with Crippen LogP contribution in [0.3, 0.4) is 0 Å². The number of nitrogens with one attached hydrogen (secondary N) is 1. The van der Waals surface area contributed by atoms with Crippen LogP contribution < -0.4 is 5.32 Å². The normalized spacial score (nSPS) is 17.1. The maximum Gasteiger partial charge on any atom is 0.240 e. The molecular formula is C11H17N3O3. The minimum absolute atomic E-state index is 0.0776. The van der Waals surface area contributed by atoms with Crippen LogP contribution in [0.2, 0.25) is 0 Å². The lowest BCUT2D eigenvalue weighted by atomic mass is 10.3. The largest absolute Gasteiger partial charge is 0.379 e. The second kappa shape index (κ2) is 5.29. The number of carbonyl (C=O) groups excluding carboxylic acids is 1. The van der Waals surface area contributed by atoms with Crippen molar-refractivity contribution in [1.82, 2.24) is 10.1 Å². The summed E-state index contributed by atoms with van der Waals surface area (Å²) in [6, 6.07) is 0. The Kier molecular flexibility index (Phi) is 3.75. The molecule has 2 heterocycles. The van der Waals surface area contributed by atoms with Gasteiger partial charge in [0.2, 0.25) is 11.8 Å². The number of hydrogen-bond donors (Lipinski definition) is 1. The molecule has 1 aliphatic heterocycles. The Morgan fingerprint density at radius 3 is 2.71 bits per heavy atom. The van der Waals surface area contributed by atoms with Crippen molar-refractivity contribution >= 4 is 11.8 Å². The quantitative estimate of drug-likeness (QED) is 0.835. The van der Waals surface area contributed by atoms with Gasteiger partial charge >= 0.3 is 0 Å². The van der Waals surface area contributed by atoms with Crippen LogP contribution in [-0.4, -0.2) is 48.8 Å². The Hall–Kier alpha value is -1.40. The van der Waals surface area contributed by atoms with E-state index in [0.717, 1.165) is 24.3 Å². The van der Waals surface area contributed by atoms with E-state index >= 15 is 0 Å². The van der Waals surface area contributed by atoms with Gasteiger partial charge in [0.05, 0.1) is 25.5 Å². The van der Waals surface area contributed by atoms with E-state index in [2.05, 4.69) is 15.4 Å². The monoisotopic (exact) mass is 239 g/mol. The van der Waals surface area contributed by atoms with E-state index in [1.807, 2.05) is 13.8 Å². The van der Waals surface area contributed by atoms with Gasteiger partial charge in [0, 0.05) is 18.7 Å². The standard InChI is InChI=1S/C11H17N3O3/c1-8-9(2)13-17-11(8)12-10(15)7-14-3-5-16-6-4-14/h3-7H2,1-2H3,(H,12,15). The summed E-state index contributed by atoms with van der Waals surface area (Å²) in [5, 5.41) is 6.52. The highest BCUT2D eigenvalue weighted by Gasteiger charge is 2.16. The van der Waals surface area contributed by atoms with Crippen LogP contribution in [-0.2, 0) is 9.53 Å². The third kappa shape index (κ3) is 3.04. The average molecular weight is 239 g/mol. The number of carbonyl (C=O) groups is 1. The molecule has 0 aromatic carbocycles. The van der Waals surface area contributed by atoms with Crippen molar-refractivity contribution in [2.75, 3.05) is 38.2 Å². The molecule has 0 aliphatic carbocycles. The minimum Gasteiger partial charge on any atom is -0.379 e. The zero-order valence-electron chi connectivity index (χ0n) is 10.2. The number of amides is 1. The maximum atomic E-state index is 11.8. The van der Waals surface area contributed by atoms with Crippen molar-refractivity contribution in [3.05, 3.63) is 11.3 Å². The predicted molar refractivity (Wildman–Crippen MR) is 61.9 cm³/mol. The summed E-state index contributed by atoms with van der Waals surface area (Å²) in [5.41, 5.74) is 1.67. The number of rotatable bonds is 3. The van der Waals surface area contributed by atoms with Crippen LogP contribution in [0.1, 0.15) is 11.3 Å². The van der Waals surface area contributed by atoms with Gasteiger partial charge in [-0.25, -0.2) is 0 Å². The first-order valence-electron chi connectivity index (χ1n) is 5.69. The lowest BCUT2D eigenvalue weighted by Gasteiger charge is -2.25.